The molecule has 1 aromatic carbocycles. The fourth-order valence-corrected chi connectivity index (χ4v) is 5.10. The van der Waals surface area contributed by atoms with Crippen molar-refractivity contribution in [1.29, 1.82) is 0 Å². The van der Waals surface area contributed by atoms with E-state index in [1.54, 1.807) is 35.6 Å². The number of thiophene rings is 1. The second kappa shape index (κ2) is 8.33. The number of anilines is 2. The Morgan fingerprint density at radius 1 is 1.13 bits per heavy atom. The zero-order valence-corrected chi connectivity index (χ0v) is 18.7. The molecule has 1 amide bonds. The summed E-state index contributed by atoms with van der Waals surface area (Å²) in [6.45, 7) is 8.58. The van der Waals surface area contributed by atoms with E-state index in [4.69, 9.17) is 9.47 Å². The second-order valence-electron chi connectivity index (χ2n) is 7.91. The molecule has 4 rings (SSSR count). The van der Waals surface area contributed by atoms with E-state index in [2.05, 4.69) is 15.2 Å². The molecule has 1 N–H and O–H groups in total. The van der Waals surface area contributed by atoms with Gasteiger partial charge in [-0.25, -0.2) is 9.78 Å². The summed E-state index contributed by atoms with van der Waals surface area (Å²) in [7, 11) is 0. The van der Waals surface area contributed by atoms with Crippen LogP contribution in [0.1, 0.15) is 40.8 Å². The Morgan fingerprint density at radius 3 is 2.47 bits per heavy atom. The van der Waals surface area contributed by atoms with Gasteiger partial charge in [0.1, 0.15) is 10.4 Å². The first-order valence-corrected chi connectivity index (χ1v) is 11.3. The minimum absolute atomic E-state index is 0.192. The lowest BCUT2D eigenvalue weighted by molar-refractivity contribution is 0.00695. The van der Waals surface area contributed by atoms with Gasteiger partial charge >= 0.3 is 5.97 Å². The van der Waals surface area contributed by atoms with Gasteiger partial charge in [0.05, 0.1) is 28.4 Å². The molecule has 1 aliphatic heterocycles. The van der Waals surface area contributed by atoms with Crippen LogP contribution >= 0.6 is 22.7 Å². The predicted molar refractivity (Wildman–Crippen MR) is 120 cm³/mol. The molecule has 0 saturated carbocycles. The highest BCUT2D eigenvalue weighted by atomic mass is 32.1. The second-order valence-corrected chi connectivity index (χ2v) is 9.95. The first kappa shape index (κ1) is 20.8. The molecule has 1 aliphatic rings. The molecule has 0 unspecified atom stereocenters. The van der Waals surface area contributed by atoms with E-state index in [-0.39, 0.29) is 11.9 Å². The normalized spacial score (nSPS) is 14.7. The van der Waals surface area contributed by atoms with Crippen molar-refractivity contribution in [3.8, 4) is 0 Å². The Balaban J connectivity index is 1.41. The van der Waals surface area contributed by atoms with E-state index in [0.717, 1.165) is 27.8 Å². The lowest BCUT2D eigenvalue weighted by Crippen LogP contribution is -2.36. The number of hydrogen-bond donors (Lipinski definition) is 1. The van der Waals surface area contributed by atoms with Crippen LogP contribution in [0.4, 0.5) is 10.8 Å². The molecule has 0 bridgehead atoms. The minimum Gasteiger partial charge on any atom is -0.456 e. The summed E-state index contributed by atoms with van der Waals surface area (Å²) < 4.78 is 11.7. The number of amides is 1. The number of nitrogens with one attached hydrogen (secondary N) is 1. The van der Waals surface area contributed by atoms with Gasteiger partial charge in [0.15, 0.2) is 5.13 Å². The third kappa shape index (κ3) is 4.80. The SMILES string of the molecule is CC(C)(C)OC(=O)c1ccc(NC(=O)c2cc3sc(N4CCOCC4)nc3s2)cc1. The van der Waals surface area contributed by atoms with Crippen molar-refractivity contribution in [1.82, 2.24) is 4.98 Å². The first-order valence-electron chi connectivity index (χ1n) is 9.66. The third-order valence-corrected chi connectivity index (χ3v) is 6.58. The molecule has 9 heteroatoms. The lowest BCUT2D eigenvalue weighted by atomic mass is 10.1. The number of benzene rings is 1. The molecule has 3 aromatic rings. The molecule has 1 saturated heterocycles. The van der Waals surface area contributed by atoms with Crippen LogP contribution in [0.3, 0.4) is 0 Å². The number of fused-ring (bicyclic) bond motifs is 1. The van der Waals surface area contributed by atoms with Crippen LogP contribution in [-0.4, -0.2) is 48.8 Å². The van der Waals surface area contributed by atoms with E-state index < -0.39 is 5.60 Å². The Kier molecular flexibility index (Phi) is 5.77. The Labute approximate surface area is 182 Å². The Morgan fingerprint density at radius 2 is 1.83 bits per heavy atom. The quantitative estimate of drug-likeness (QED) is 0.600. The smallest absolute Gasteiger partial charge is 0.338 e. The van der Waals surface area contributed by atoms with Gasteiger partial charge in [-0.15, -0.1) is 11.3 Å². The van der Waals surface area contributed by atoms with Crippen molar-refractivity contribution >= 4 is 54.9 Å². The van der Waals surface area contributed by atoms with Crippen LogP contribution in [0, 0.1) is 0 Å². The van der Waals surface area contributed by atoms with Gasteiger partial charge in [-0.3, -0.25) is 4.79 Å². The van der Waals surface area contributed by atoms with Crippen LogP contribution < -0.4 is 10.2 Å². The van der Waals surface area contributed by atoms with E-state index in [1.807, 2.05) is 26.8 Å². The molecule has 0 aliphatic carbocycles. The van der Waals surface area contributed by atoms with E-state index >= 15 is 0 Å². The summed E-state index contributed by atoms with van der Waals surface area (Å²) in [5.74, 6) is -0.579. The monoisotopic (exact) mass is 445 g/mol. The molecule has 1 fully saturated rings. The fraction of sp³-hybridized carbons (Fsp3) is 0.381. The van der Waals surface area contributed by atoms with E-state index in [9.17, 15) is 9.59 Å². The lowest BCUT2D eigenvalue weighted by Gasteiger charge is -2.25. The van der Waals surface area contributed by atoms with Crippen LogP contribution in [0.5, 0.6) is 0 Å². The predicted octanol–water partition coefficient (Wildman–Crippen LogP) is 4.40. The maximum Gasteiger partial charge on any atom is 0.338 e. The van der Waals surface area contributed by atoms with Crippen LogP contribution in [0.15, 0.2) is 30.3 Å². The van der Waals surface area contributed by atoms with Crippen molar-refractivity contribution < 1.29 is 19.1 Å². The maximum absolute atomic E-state index is 12.6. The highest BCUT2D eigenvalue weighted by molar-refractivity contribution is 7.29. The van der Waals surface area contributed by atoms with Crippen molar-refractivity contribution in [2.75, 3.05) is 36.5 Å². The van der Waals surface area contributed by atoms with E-state index in [0.29, 0.717) is 29.3 Å². The average molecular weight is 446 g/mol. The highest BCUT2D eigenvalue weighted by Gasteiger charge is 2.20. The van der Waals surface area contributed by atoms with Gasteiger partial charge in [0.2, 0.25) is 0 Å². The third-order valence-electron chi connectivity index (χ3n) is 4.36. The number of ether oxygens (including phenoxy) is 2. The number of aromatic nitrogens is 1. The molecule has 2 aromatic heterocycles. The van der Waals surface area contributed by atoms with Gasteiger partial charge in [0.25, 0.3) is 5.91 Å². The van der Waals surface area contributed by atoms with Crippen LogP contribution in [-0.2, 0) is 9.47 Å². The van der Waals surface area contributed by atoms with E-state index in [1.165, 1.54) is 11.3 Å². The highest BCUT2D eigenvalue weighted by Crippen LogP contribution is 2.35. The van der Waals surface area contributed by atoms with Crippen LogP contribution in [0.25, 0.3) is 9.53 Å². The average Bonchev–Trinajstić information content (AvgIpc) is 3.27. The summed E-state index contributed by atoms with van der Waals surface area (Å²) in [5.41, 5.74) is 0.511. The summed E-state index contributed by atoms with van der Waals surface area (Å²) in [6, 6.07) is 8.56. The van der Waals surface area contributed by atoms with Crippen molar-refractivity contribution in [2.45, 2.75) is 26.4 Å². The number of carbonyl (C=O) groups is 2. The molecule has 158 valence electrons. The molecule has 3 heterocycles. The van der Waals surface area contributed by atoms with Gasteiger partial charge in [-0.1, -0.05) is 11.3 Å². The molecule has 7 nitrogen and oxygen atoms in total. The molecule has 30 heavy (non-hydrogen) atoms. The summed E-state index contributed by atoms with van der Waals surface area (Å²) in [5, 5.41) is 3.85. The van der Waals surface area contributed by atoms with Crippen molar-refractivity contribution in [3.05, 3.63) is 40.8 Å². The van der Waals surface area contributed by atoms with Crippen LogP contribution in [0.2, 0.25) is 0 Å². The minimum atomic E-state index is -0.550. The fourth-order valence-electron chi connectivity index (χ4n) is 2.94. The number of nitrogens with zero attached hydrogens (tertiary/aromatic N) is 2. The molecule has 0 atom stereocenters. The van der Waals surface area contributed by atoms with Gasteiger partial charge in [-0.2, -0.15) is 0 Å². The largest absolute Gasteiger partial charge is 0.456 e. The number of hydrogen-bond acceptors (Lipinski definition) is 8. The number of esters is 1. The molecule has 0 spiro atoms. The van der Waals surface area contributed by atoms with Crippen molar-refractivity contribution in [2.24, 2.45) is 0 Å². The number of rotatable bonds is 4. The first-order chi connectivity index (χ1) is 14.3. The van der Waals surface area contributed by atoms with Crippen molar-refractivity contribution in [3.63, 3.8) is 0 Å². The summed E-state index contributed by atoms with van der Waals surface area (Å²) in [4.78, 5) is 33.1. The summed E-state index contributed by atoms with van der Waals surface area (Å²) in [6.07, 6.45) is 0. The number of carbonyl (C=O) groups excluding carboxylic acids is 2. The standard InChI is InChI=1S/C21H23N3O4S2/c1-21(2,3)28-19(26)13-4-6-14(7-5-13)22-17(25)15-12-16-18(29-15)23-20(30-16)24-8-10-27-11-9-24/h4-7,12H,8-11H2,1-3H3,(H,22,25). The summed E-state index contributed by atoms with van der Waals surface area (Å²) >= 11 is 2.98. The zero-order chi connectivity index (χ0) is 21.3. The molecular weight excluding hydrogens is 422 g/mol. The number of thiazole rings is 1. The topological polar surface area (TPSA) is 80.8 Å². The van der Waals surface area contributed by atoms with Gasteiger partial charge in [-0.05, 0) is 51.1 Å². The van der Waals surface area contributed by atoms with Gasteiger partial charge < -0.3 is 19.7 Å². The zero-order valence-electron chi connectivity index (χ0n) is 17.1. The maximum atomic E-state index is 12.6. The Hall–Kier alpha value is -2.49. The molecular formula is C21H23N3O4S2. The Bertz CT molecular complexity index is 1030. The van der Waals surface area contributed by atoms with Gasteiger partial charge in [0, 0.05) is 18.8 Å². The molecule has 0 radical (unpaired) electrons. The number of morpholine rings is 1.